The minimum Gasteiger partial charge on any atom is -0.396 e. The third-order valence-corrected chi connectivity index (χ3v) is 3.66. The number of pyridine rings is 1. The largest absolute Gasteiger partial charge is 0.396 e. The number of nitrogen functional groups attached to an aromatic ring is 1. The van der Waals surface area contributed by atoms with Crippen LogP contribution in [0.5, 0.6) is 0 Å². The van der Waals surface area contributed by atoms with Gasteiger partial charge >= 0.3 is 0 Å². The molecule has 2 aromatic heterocycles. The lowest BCUT2D eigenvalue weighted by Crippen LogP contribution is -2.05. The second kappa shape index (κ2) is 5.19. The van der Waals surface area contributed by atoms with E-state index in [1.807, 2.05) is 19.1 Å². The SMILES string of the molecule is CCc1ccsc1CNc1nc(C)ccc1N. The van der Waals surface area contributed by atoms with E-state index in [4.69, 9.17) is 5.73 Å². The first kappa shape index (κ1) is 11.9. The average molecular weight is 247 g/mol. The van der Waals surface area contributed by atoms with Gasteiger partial charge in [0.15, 0.2) is 0 Å². The van der Waals surface area contributed by atoms with E-state index in [-0.39, 0.29) is 0 Å². The van der Waals surface area contributed by atoms with Gasteiger partial charge in [0, 0.05) is 10.6 Å². The maximum Gasteiger partial charge on any atom is 0.149 e. The molecule has 0 spiro atoms. The molecule has 0 saturated carbocycles. The summed E-state index contributed by atoms with van der Waals surface area (Å²) in [7, 11) is 0. The summed E-state index contributed by atoms with van der Waals surface area (Å²) in [6.45, 7) is 4.93. The normalized spacial score (nSPS) is 10.5. The van der Waals surface area contributed by atoms with E-state index >= 15 is 0 Å². The van der Waals surface area contributed by atoms with Crippen LogP contribution in [0.3, 0.4) is 0 Å². The lowest BCUT2D eigenvalue weighted by molar-refractivity contribution is 1.06. The molecular formula is C13H17N3S. The Morgan fingerprint density at radius 2 is 2.18 bits per heavy atom. The fourth-order valence-corrected chi connectivity index (χ4v) is 2.63. The van der Waals surface area contributed by atoms with Crippen LogP contribution in [0.25, 0.3) is 0 Å². The molecule has 0 saturated heterocycles. The van der Waals surface area contributed by atoms with Crippen LogP contribution in [0.1, 0.15) is 23.1 Å². The van der Waals surface area contributed by atoms with Gasteiger partial charge in [-0.3, -0.25) is 0 Å². The van der Waals surface area contributed by atoms with Gasteiger partial charge in [0.25, 0.3) is 0 Å². The minimum absolute atomic E-state index is 0.699. The lowest BCUT2D eigenvalue weighted by Gasteiger charge is -2.09. The highest BCUT2D eigenvalue weighted by atomic mass is 32.1. The van der Waals surface area contributed by atoms with Crippen molar-refractivity contribution in [2.24, 2.45) is 0 Å². The van der Waals surface area contributed by atoms with Crippen molar-refractivity contribution in [3.8, 4) is 0 Å². The topological polar surface area (TPSA) is 50.9 Å². The van der Waals surface area contributed by atoms with Crippen LogP contribution in [0.4, 0.5) is 11.5 Å². The number of nitrogens with two attached hydrogens (primary N) is 1. The highest BCUT2D eigenvalue weighted by Gasteiger charge is 2.04. The quantitative estimate of drug-likeness (QED) is 0.872. The molecule has 4 heteroatoms. The molecule has 90 valence electrons. The second-order valence-corrected chi connectivity index (χ2v) is 4.97. The molecule has 0 amide bonds. The van der Waals surface area contributed by atoms with Gasteiger partial charge < -0.3 is 11.1 Å². The number of aromatic nitrogens is 1. The van der Waals surface area contributed by atoms with Crippen LogP contribution in [0.2, 0.25) is 0 Å². The van der Waals surface area contributed by atoms with Crippen LogP contribution < -0.4 is 11.1 Å². The molecule has 0 aliphatic rings. The summed E-state index contributed by atoms with van der Waals surface area (Å²) in [6.07, 6.45) is 1.07. The van der Waals surface area contributed by atoms with Crippen molar-refractivity contribution in [1.29, 1.82) is 0 Å². The fraction of sp³-hybridized carbons (Fsp3) is 0.308. The molecule has 0 atom stereocenters. The van der Waals surface area contributed by atoms with E-state index in [1.165, 1.54) is 10.4 Å². The van der Waals surface area contributed by atoms with Crippen LogP contribution >= 0.6 is 11.3 Å². The predicted octanol–water partition coefficient (Wildman–Crippen LogP) is 3.21. The summed E-state index contributed by atoms with van der Waals surface area (Å²) in [5, 5.41) is 5.43. The molecule has 17 heavy (non-hydrogen) atoms. The molecule has 3 N–H and O–H groups in total. The third kappa shape index (κ3) is 2.77. The van der Waals surface area contributed by atoms with Crippen molar-refractivity contribution in [2.75, 3.05) is 11.1 Å². The van der Waals surface area contributed by atoms with Crippen molar-refractivity contribution in [3.05, 3.63) is 39.7 Å². The zero-order valence-corrected chi connectivity index (χ0v) is 11.0. The van der Waals surface area contributed by atoms with Crippen molar-refractivity contribution < 1.29 is 0 Å². The zero-order valence-electron chi connectivity index (χ0n) is 10.2. The number of hydrogen-bond donors (Lipinski definition) is 2. The van der Waals surface area contributed by atoms with E-state index < -0.39 is 0 Å². The van der Waals surface area contributed by atoms with Gasteiger partial charge in [-0.25, -0.2) is 4.98 Å². The molecule has 2 rings (SSSR count). The fourth-order valence-electron chi connectivity index (χ4n) is 1.71. The van der Waals surface area contributed by atoms with Crippen LogP contribution in [0.15, 0.2) is 23.6 Å². The van der Waals surface area contributed by atoms with Gasteiger partial charge in [-0.1, -0.05) is 6.92 Å². The molecule has 0 aromatic carbocycles. The van der Waals surface area contributed by atoms with Crippen LogP contribution in [0, 0.1) is 6.92 Å². The number of nitrogens with zero attached hydrogens (tertiary/aromatic N) is 1. The molecule has 2 heterocycles. The molecule has 0 aliphatic carbocycles. The number of rotatable bonds is 4. The van der Waals surface area contributed by atoms with Gasteiger partial charge in [0.2, 0.25) is 0 Å². The number of hydrogen-bond acceptors (Lipinski definition) is 4. The van der Waals surface area contributed by atoms with Gasteiger partial charge in [0.1, 0.15) is 5.82 Å². The zero-order chi connectivity index (χ0) is 12.3. The van der Waals surface area contributed by atoms with Gasteiger partial charge in [-0.2, -0.15) is 0 Å². The summed E-state index contributed by atoms with van der Waals surface area (Å²) in [4.78, 5) is 5.75. The van der Waals surface area contributed by atoms with Crippen molar-refractivity contribution >= 4 is 22.8 Å². The Hall–Kier alpha value is -1.55. The Morgan fingerprint density at radius 3 is 2.94 bits per heavy atom. The van der Waals surface area contributed by atoms with E-state index in [0.717, 1.165) is 24.5 Å². The first-order chi connectivity index (χ1) is 8.20. The summed E-state index contributed by atoms with van der Waals surface area (Å²) in [5.74, 6) is 0.778. The van der Waals surface area contributed by atoms with Crippen molar-refractivity contribution in [2.45, 2.75) is 26.8 Å². The Bertz CT molecular complexity index is 505. The number of nitrogens with one attached hydrogen (secondary N) is 1. The maximum atomic E-state index is 5.88. The molecule has 0 fully saturated rings. The monoisotopic (exact) mass is 247 g/mol. The predicted molar refractivity (Wildman–Crippen MR) is 74.4 cm³/mol. The molecule has 3 nitrogen and oxygen atoms in total. The Labute approximate surface area is 106 Å². The first-order valence-corrected chi connectivity index (χ1v) is 6.61. The summed E-state index contributed by atoms with van der Waals surface area (Å²) in [6, 6.07) is 5.98. The van der Waals surface area contributed by atoms with Crippen molar-refractivity contribution in [3.63, 3.8) is 0 Å². The Morgan fingerprint density at radius 1 is 1.35 bits per heavy atom. The average Bonchev–Trinajstić information content (AvgIpc) is 2.77. The molecule has 0 aliphatic heterocycles. The highest BCUT2D eigenvalue weighted by molar-refractivity contribution is 7.10. The molecular weight excluding hydrogens is 230 g/mol. The number of thiophene rings is 1. The van der Waals surface area contributed by atoms with Gasteiger partial charge in [-0.15, -0.1) is 11.3 Å². The van der Waals surface area contributed by atoms with Gasteiger partial charge in [-0.05, 0) is 42.5 Å². The minimum atomic E-state index is 0.699. The van der Waals surface area contributed by atoms with E-state index in [9.17, 15) is 0 Å². The summed E-state index contributed by atoms with van der Waals surface area (Å²) >= 11 is 1.77. The Kier molecular flexibility index (Phi) is 3.64. The smallest absolute Gasteiger partial charge is 0.149 e. The van der Waals surface area contributed by atoms with Crippen LogP contribution in [-0.2, 0) is 13.0 Å². The third-order valence-electron chi connectivity index (χ3n) is 2.70. The van der Waals surface area contributed by atoms with E-state index in [0.29, 0.717) is 5.69 Å². The maximum absolute atomic E-state index is 5.88. The molecule has 0 unspecified atom stereocenters. The standard InChI is InChI=1S/C13H17N3S/c1-3-10-6-7-17-12(10)8-15-13-11(14)5-4-9(2)16-13/h4-7H,3,8,14H2,1-2H3,(H,15,16). The van der Waals surface area contributed by atoms with E-state index in [2.05, 4.69) is 28.7 Å². The number of aryl methyl sites for hydroxylation is 2. The molecule has 0 bridgehead atoms. The Balaban J connectivity index is 2.09. The van der Waals surface area contributed by atoms with E-state index in [1.54, 1.807) is 11.3 Å². The lowest BCUT2D eigenvalue weighted by atomic mass is 10.2. The summed E-state index contributed by atoms with van der Waals surface area (Å²) < 4.78 is 0. The second-order valence-electron chi connectivity index (χ2n) is 3.97. The molecule has 2 aromatic rings. The number of anilines is 2. The van der Waals surface area contributed by atoms with Crippen LogP contribution in [-0.4, -0.2) is 4.98 Å². The highest BCUT2D eigenvalue weighted by Crippen LogP contribution is 2.21. The molecule has 0 radical (unpaired) electrons. The van der Waals surface area contributed by atoms with Crippen molar-refractivity contribution in [1.82, 2.24) is 4.98 Å². The summed E-state index contributed by atoms with van der Waals surface area (Å²) in [5.41, 5.74) is 8.95. The first-order valence-electron chi connectivity index (χ1n) is 5.73. The van der Waals surface area contributed by atoms with Gasteiger partial charge in [0.05, 0.1) is 12.2 Å².